The number of sulfonamides is 1. The van der Waals surface area contributed by atoms with Gasteiger partial charge in [0, 0.05) is 13.1 Å². The van der Waals surface area contributed by atoms with Crippen molar-refractivity contribution in [1.29, 1.82) is 0 Å². The molecule has 0 aromatic heterocycles. The van der Waals surface area contributed by atoms with Gasteiger partial charge in [0.05, 0.1) is 14.9 Å². The van der Waals surface area contributed by atoms with Crippen molar-refractivity contribution in [2.24, 2.45) is 0 Å². The molecule has 1 amide bonds. The number of rotatable bonds is 2. The fourth-order valence-electron chi connectivity index (χ4n) is 2.07. The quantitative estimate of drug-likeness (QED) is 0.896. The van der Waals surface area contributed by atoms with Gasteiger partial charge in [-0.2, -0.15) is 4.31 Å². The Morgan fingerprint density at radius 3 is 2.50 bits per heavy atom. The average Bonchev–Trinajstić information content (AvgIpc) is 2.35. The normalized spacial score (nSPS) is 19.7. The molecule has 1 aromatic carbocycles. The molecule has 1 saturated heterocycles. The molecule has 2 rings (SSSR count). The van der Waals surface area contributed by atoms with Gasteiger partial charge < -0.3 is 5.32 Å². The zero-order valence-corrected chi connectivity index (χ0v) is 13.3. The molecule has 0 atom stereocenters. The molecule has 0 unspecified atom stereocenters. The minimum absolute atomic E-state index is 0.0228. The smallest absolute Gasteiger partial charge is 0.244 e. The molecule has 20 heavy (non-hydrogen) atoms. The molecule has 0 radical (unpaired) electrons. The number of piperazine rings is 1. The molecule has 5 nitrogen and oxygen atoms in total. The third-order valence-corrected chi connectivity index (χ3v) is 6.07. The van der Waals surface area contributed by atoms with Gasteiger partial charge in [-0.1, -0.05) is 23.2 Å². The number of benzene rings is 1. The average molecular weight is 337 g/mol. The third kappa shape index (κ3) is 2.53. The van der Waals surface area contributed by atoms with Crippen LogP contribution in [0, 0.1) is 0 Å². The molecule has 0 saturated carbocycles. The van der Waals surface area contributed by atoms with Gasteiger partial charge in [-0.3, -0.25) is 4.79 Å². The molecule has 1 heterocycles. The molecular formula is C12H14Cl2N2O3S. The number of carbonyl (C=O) groups excluding carboxylic acids is 1. The number of nitrogens with zero attached hydrogens (tertiary/aromatic N) is 1. The fourth-order valence-corrected chi connectivity index (χ4v) is 4.20. The maximum atomic E-state index is 12.7. The summed E-state index contributed by atoms with van der Waals surface area (Å²) in [4.78, 5) is 11.9. The third-order valence-electron chi connectivity index (χ3n) is 3.26. The van der Waals surface area contributed by atoms with Crippen LogP contribution in [0.5, 0.6) is 0 Å². The van der Waals surface area contributed by atoms with E-state index in [1.807, 2.05) is 0 Å². The van der Waals surface area contributed by atoms with Crippen LogP contribution in [0.4, 0.5) is 0 Å². The van der Waals surface area contributed by atoms with Crippen LogP contribution in [0.2, 0.25) is 10.0 Å². The van der Waals surface area contributed by atoms with Crippen molar-refractivity contribution in [2.45, 2.75) is 24.3 Å². The number of hydrogen-bond acceptors (Lipinski definition) is 3. The Labute approximate surface area is 127 Å². The molecular weight excluding hydrogens is 323 g/mol. The summed E-state index contributed by atoms with van der Waals surface area (Å²) in [5.74, 6) is -0.326. The second-order valence-electron chi connectivity index (χ2n) is 4.97. The first kappa shape index (κ1) is 15.6. The molecule has 1 aliphatic heterocycles. The first-order chi connectivity index (χ1) is 9.17. The lowest BCUT2D eigenvalue weighted by Gasteiger charge is -2.39. The van der Waals surface area contributed by atoms with Crippen LogP contribution in [0.3, 0.4) is 0 Å². The predicted molar refractivity (Wildman–Crippen MR) is 77.4 cm³/mol. The van der Waals surface area contributed by atoms with Crippen LogP contribution in [0.15, 0.2) is 23.1 Å². The Hall–Kier alpha value is -0.820. The topological polar surface area (TPSA) is 66.5 Å². The van der Waals surface area contributed by atoms with E-state index in [4.69, 9.17) is 23.2 Å². The van der Waals surface area contributed by atoms with E-state index < -0.39 is 15.6 Å². The van der Waals surface area contributed by atoms with Crippen LogP contribution in [-0.4, -0.2) is 37.3 Å². The van der Waals surface area contributed by atoms with Crippen LogP contribution in [-0.2, 0) is 14.8 Å². The largest absolute Gasteiger partial charge is 0.353 e. The summed E-state index contributed by atoms with van der Waals surface area (Å²) in [6.07, 6.45) is 0. The second-order valence-corrected chi connectivity index (χ2v) is 7.64. The zero-order chi connectivity index (χ0) is 15.1. The van der Waals surface area contributed by atoms with E-state index in [1.165, 1.54) is 22.5 Å². The number of carbonyl (C=O) groups is 1. The molecule has 1 aromatic rings. The zero-order valence-electron chi connectivity index (χ0n) is 11.0. The monoisotopic (exact) mass is 336 g/mol. The summed E-state index contributed by atoms with van der Waals surface area (Å²) < 4.78 is 26.5. The highest BCUT2D eigenvalue weighted by Crippen LogP contribution is 2.30. The van der Waals surface area contributed by atoms with E-state index in [-0.39, 0.29) is 33.9 Å². The Morgan fingerprint density at radius 2 is 1.90 bits per heavy atom. The Kier molecular flexibility index (Phi) is 4.03. The molecule has 0 aliphatic carbocycles. The highest BCUT2D eigenvalue weighted by Gasteiger charge is 2.44. The summed E-state index contributed by atoms with van der Waals surface area (Å²) in [6, 6.07) is 4.10. The molecule has 0 spiro atoms. The van der Waals surface area contributed by atoms with Crippen molar-refractivity contribution in [3.8, 4) is 0 Å². The van der Waals surface area contributed by atoms with Gasteiger partial charge in [-0.25, -0.2) is 8.42 Å². The van der Waals surface area contributed by atoms with Crippen LogP contribution < -0.4 is 5.32 Å². The lowest BCUT2D eigenvalue weighted by molar-refractivity contribution is -0.131. The lowest BCUT2D eigenvalue weighted by Crippen LogP contribution is -2.63. The maximum absolute atomic E-state index is 12.7. The Bertz CT molecular complexity index is 659. The van der Waals surface area contributed by atoms with Gasteiger partial charge in [0.1, 0.15) is 5.54 Å². The van der Waals surface area contributed by atoms with E-state index >= 15 is 0 Å². The first-order valence-electron chi connectivity index (χ1n) is 5.93. The standard InChI is InChI=1S/C12H14Cl2N2O3S/c1-12(2)11(17)15-5-6-16(12)20(18,19)8-3-4-9(13)10(14)7-8/h3-4,7H,5-6H2,1-2H3,(H,15,17). The number of halogens is 2. The fraction of sp³-hybridized carbons (Fsp3) is 0.417. The number of amides is 1. The van der Waals surface area contributed by atoms with Gasteiger partial charge in [0.15, 0.2) is 0 Å². The van der Waals surface area contributed by atoms with Crippen LogP contribution in [0.25, 0.3) is 0 Å². The van der Waals surface area contributed by atoms with Gasteiger partial charge >= 0.3 is 0 Å². The molecule has 110 valence electrons. The van der Waals surface area contributed by atoms with Crippen molar-refractivity contribution in [3.63, 3.8) is 0 Å². The highest BCUT2D eigenvalue weighted by atomic mass is 35.5. The number of nitrogens with one attached hydrogen (secondary N) is 1. The van der Waals surface area contributed by atoms with Gasteiger partial charge in [-0.15, -0.1) is 0 Å². The van der Waals surface area contributed by atoms with E-state index in [0.717, 1.165) is 0 Å². The minimum Gasteiger partial charge on any atom is -0.353 e. The highest BCUT2D eigenvalue weighted by molar-refractivity contribution is 7.89. The Balaban J connectivity index is 2.49. The van der Waals surface area contributed by atoms with E-state index in [9.17, 15) is 13.2 Å². The van der Waals surface area contributed by atoms with E-state index in [2.05, 4.69) is 5.32 Å². The number of hydrogen-bond donors (Lipinski definition) is 1. The molecule has 1 fully saturated rings. The summed E-state index contributed by atoms with van der Waals surface area (Å²) in [5.41, 5.74) is -1.15. The van der Waals surface area contributed by atoms with Crippen molar-refractivity contribution < 1.29 is 13.2 Å². The maximum Gasteiger partial charge on any atom is 0.244 e. The van der Waals surface area contributed by atoms with Gasteiger partial charge in [0.2, 0.25) is 15.9 Å². The van der Waals surface area contributed by atoms with Gasteiger partial charge in [0.25, 0.3) is 0 Å². The summed E-state index contributed by atoms with van der Waals surface area (Å²) in [5, 5.41) is 3.09. The first-order valence-corrected chi connectivity index (χ1v) is 8.13. The minimum atomic E-state index is -3.81. The second kappa shape index (κ2) is 5.18. The van der Waals surface area contributed by atoms with Crippen molar-refractivity contribution in [2.75, 3.05) is 13.1 Å². The molecule has 0 bridgehead atoms. The van der Waals surface area contributed by atoms with Crippen molar-refractivity contribution in [3.05, 3.63) is 28.2 Å². The van der Waals surface area contributed by atoms with Crippen LogP contribution in [0.1, 0.15) is 13.8 Å². The van der Waals surface area contributed by atoms with Crippen molar-refractivity contribution >= 4 is 39.1 Å². The summed E-state index contributed by atoms with van der Waals surface area (Å²) in [7, 11) is -3.81. The molecule has 1 N–H and O–H groups in total. The molecule has 8 heteroatoms. The lowest BCUT2D eigenvalue weighted by atomic mass is 10.0. The predicted octanol–water partition coefficient (Wildman–Crippen LogP) is 1.89. The molecule has 1 aliphatic rings. The Morgan fingerprint density at radius 1 is 1.25 bits per heavy atom. The van der Waals surface area contributed by atoms with Gasteiger partial charge in [-0.05, 0) is 32.0 Å². The van der Waals surface area contributed by atoms with Crippen LogP contribution >= 0.6 is 23.2 Å². The van der Waals surface area contributed by atoms with Crippen molar-refractivity contribution in [1.82, 2.24) is 9.62 Å². The summed E-state index contributed by atoms with van der Waals surface area (Å²) >= 11 is 11.7. The SMILES string of the molecule is CC1(C)C(=O)NCCN1S(=O)(=O)c1ccc(Cl)c(Cl)c1. The van der Waals surface area contributed by atoms with E-state index in [0.29, 0.717) is 0 Å². The van der Waals surface area contributed by atoms with E-state index in [1.54, 1.807) is 13.8 Å². The summed E-state index contributed by atoms with van der Waals surface area (Å²) in [6.45, 7) is 3.62.